The lowest BCUT2D eigenvalue weighted by molar-refractivity contribution is -0.121. The van der Waals surface area contributed by atoms with E-state index in [2.05, 4.69) is 15.9 Å². The van der Waals surface area contributed by atoms with E-state index in [-0.39, 0.29) is 29.4 Å². The maximum Gasteiger partial charge on any atom is 0.247 e. The van der Waals surface area contributed by atoms with E-state index in [1.54, 1.807) is 29.3 Å². The fourth-order valence-electron chi connectivity index (χ4n) is 4.33. The van der Waals surface area contributed by atoms with Crippen LogP contribution in [0.4, 0.5) is 5.69 Å². The van der Waals surface area contributed by atoms with Gasteiger partial charge in [-0.15, -0.1) is 0 Å². The average Bonchev–Trinajstić information content (AvgIpc) is 3.41. The summed E-state index contributed by atoms with van der Waals surface area (Å²) in [5, 5.41) is 15.2. The second kappa shape index (κ2) is 10.2. The van der Waals surface area contributed by atoms with E-state index in [1.165, 1.54) is 0 Å². The summed E-state index contributed by atoms with van der Waals surface area (Å²) < 4.78 is 0.969. The Bertz CT molecular complexity index is 1380. The molecule has 5 rings (SSSR count). The van der Waals surface area contributed by atoms with Crippen molar-refractivity contribution in [1.82, 2.24) is 5.01 Å². The third-order valence-electron chi connectivity index (χ3n) is 6.18. The number of carbonyl (C=O) groups excluding carboxylic acids is 2. The van der Waals surface area contributed by atoms with Crippen LogP contribution in [0.3, 0.4) is 0 Å². The van der Waals surface area contributed by atoms with Gasteiger partial charge in [0.2, 0.25) is 11.8 Å². The molecule has 2 heterocycles. The number of amides is 2. The molecule has 2 atom stereocenters. The van der Waals surface area contributed by atoms with Crippen molar-refractivity contribution < 1.29 is 9.59 Å². The number of nitrogens with zero attached hydrogens (tertiary/aromatic N) is 3. The van der Waals surface area contributed by atoms with Gasteiger partial charge in [-0.1, -0.05) is 87.3 Å². The monoisotopic (exact) mass is 580 g/mol. The number of rotatable bonds is 4. The molecule has 0 bridgehead atoms. The Morgan fingerprint density at radius 1 is 1.06 bits per heavy atom. The number of hydrogen-bond donors (Lipinski definition) is 1. The van der Waals surface area contributed by atoms with Gasteiger partial charge >= 0.3 is 0 Å². The molecular weight excluding hydrogens is 560 g/mol. The second-order valence-electron chi connectivity index (χ2n) is 8.69. The molecule has 182 valence electrons. The quantitative estimate of drug-likeness (QED) is 0.215. The summed E-state index contributed by atoms with van der Waals surface area (Å²) in [4.78, 5) is 27.1. The Morgan fingerprint density at radius 3 is 2.47 bits per heavy atom. The maximum absolute atomic E-state index is 13.2. The van der Waals surface area contributed by atoms with E-state index in [0.717, 1.165) is 43.5 Å². The number of benzene rings is 3. The number of nitrogens with one attached hydrogen (secondary N) is 1. The molecule has 0 unspecified atom stereocenters. The molecule has 1 fully saturated rings. The van der Waals surface area contributed by atoms with Crippen molar-refractivity contribution in [1.29, 1.82) is 5.41 Å². The summed E-state index contributed by atoms with van der Waals surface area (Å²) in [5.41, 5.74) is 4.50. The van der Waals surface area contributed by atoms with Crippen LogP contribution in [0.5, 0.6) is 0 Å². The molecule has 9 heteroatoms. The molecule has 1 N–H and O–H groups in total. The summed E-state index contributed by atoms with van der Waals surface area (Å²) in [6, 6.07) is 22.6. The van der Waals surface area contributed by atoms with Gasteiger partial charge < -0.3 is 0 Å². The van der Waals surface area contributed by atoms with Crippen LogP contribution >= 0.6 is 39.3 Å². The Morgan fingerprint density at radius 2 is 1.78 bits per heavy atom. The number of amidine groups is 1. The van der Waals surface area contributed by atoms with Gasteiger partial charge in [-0.25, -0.2) is 9.91 Å². The Labute approximate surface area is 227 Å². The zero-order chi connectivity index (χ0) is 25.4. The molecular formula is C27H22BrClN4O2S. The SMILES string of the molecule is Cc1ccc(C2=NN(C(=N)S[C@H]3CC(=O)N(c4cccc(Cl)c4)C3=O)[C@H](c3ccc(Br)cc3)C2)cc1. The number of carbonyl (C=O) groups is 2. The number of thioether (sulfide) groups is 1. The first-order chi connectivity index (χ1) is 17.3. The zero-order valence-electron chi connectivity index (χ0n) is 19.3. The largest absolute Gasteiger partial charge is 0.277 e. The van der Waals surface area contributed by atoms with Crippen molar-refractivity contribution in [3.63, 3.8) is 0 Å². The van der Waals surface area contributed by atoms with Gasteiger partial charge in [-0.2, -0.15) is 5.10 Å². The smallest absolute Gasteiger partial charge is 0.247 e. The third-order valence-corrected chi connectivity index (χ3v) is 8.01. The number of halogens is 2. The van der Waals surface area contributed by atoms with Crippen LogP contribution in [0.15, 0.2) is 82.4 Å². The molecule has 2 aliphatic rings. The van der Waals surface area contributed by atoms with Crippen LogP contribution in [-0.4, -0.2) is 33.0 Å². The molecule has 0 aliphatic carbocycles. The van der Waals surface area contributed by atoms with E-state index < -0.39 is 5.25 Å². The number of hydrogen-bond acceptors (Lipinski definition) is 5. The third kappa shape index (κ3) is 4.98. The highest BCUT2D eigenvalue weighted by Crippen LogP contribution is 2.38. The van der Waals surface area contributed by atoms with Crippen molar-refractivity contribution in [2.45, 2.75) is 31.1 Å². The highest BCUT2D eigenvalue weighted by Gasteiger charge is 2.42. The standard InChI is InChI=1S/C27H22BrClN4O2S/c1-16-5-7-17(8-6-16)22-14-23(18-9-11-19(28)12-10-18)33(31-22)27(30)36-24-15-25(34)32(26(24)35)21-4-2-3-20(29)13-21/h2-13,23-24,30H,14-15H2,1H3/t23-,24-/m0/s1. The van der Waals surface area contributed by atoms with E-state index in [0.29, 0.717) is 17.1 Å². The fourth-order valence-corrected chi connectivity index (χ4v) is 5.76. The molecule has 0 saturated carbocycles. The minimum absolute atomic E-state index is 0.0176. The van der Waals surface area contributed by atoms with Crippen LogP contribution in [0.2, 0.25) is 5.02 Å². The summed E-state index contributed by atoms with van der Waals surface area (Å²) in [5.74, 6) is -0.651. The van der Waals surface area contributed by atoms with E-state index in [1.807, 2.05) is 55.5 Å². The van der Waals surface area contributed by atoms with Crippen LogP contribution in [0.25, 0.3) is 0 Å². The number of anilines is 1. The molecule has 2 aliphatic heterocycles. The summed E-state index contributed by atoms with van der Waals surface area (Å²) in [6.07, 6.45) is 0.642. The predicted octanol–water partition coefficient (Wildman–Crippen LogP) is 6.56. The lowest BCUT2D eigenvalue weighted by Crippen LogP contribution is -2.32. The number of aryl methyl sites for hydroxylation is 1. The van der Waals surface area contributed by atoms with E-state index >= 15 is 0 Å². The summed E-state index contributed by atoms with van der Waals surface area (Å²) in [7, 11) is 0. The van der Waals surface area contributed by atoms with Crippen LogP contribution < -0.4 is 4.90 Å². The van der Waals surface area contributed by atoms with Crippen molar-refractivity contribution in [3.8, 4) is 0 Å². The van der Waals surface area contributed by atoms with Gasteiger partial charge in [0.1, 0.15) is 5.25 Å². The molecule has 36 heavy (non-hydrogen) atoms. The van der Waals surface area contributed by atoms with Crippen LogP contribution in [0, 0.1) is 12.3 Å². The maximum atomic E-state index is 13.2. The van der Waals surface area contributed by atoms with Gasteiger partial charge in [0.05, 0.1) is 17.4 Å². The minimum atomic E-state index is -0.701. The fraction of sp³-hybridized carbons (Fsp3) is 0.185. The van der Waals surface area contributed by atoms with E-state index in [4.69, 9.17) is 22.1 Å². The van der Waals surface area contributed by atoms with Crippen LogP contribution in [0.1, 0.15) is 35.6 Å². The highest BCUT2D eigenvalue weighted by atomic mass is 79.9. The molecule has 1 saturated heterocycles. The van der Waals surface area contributed by atoms with Gasteiger partial charge in [0.25, 0.3) is 0 Å². The van der Waals surface area contributed by atoms with E-state index in [9.17, 15) is 9.59 Å². The first-order valence-corrected chi connectivity index (χ1v) is 13.4. The Hall–Kier alpha value is -2.94. The normalized spacial score (nSPS) is 19.7. The molecule has 6 nitrogen and oxygen atoms in total. The zero-order valence-corrected chi connectivity index (χ0v) is 22.5. The van der Waals surface area contributed by atoms with Crippen LogP contribution in [-0.2, 0) is 9.59 Å². The molecule has 0 radical (unpaired) electrons. The molecule has 0 aromatic heterocycles. The molecule has 3 aromatic rings. The van der Waals surface area contributed by atoms with Gasteiger partial charge in [0, 0.05) is 22.3 Å². The summed E-state index contributed by atoms with van der Waals surface area (Å²) in [6.45, 7) is 2.04. The van der Waals surface area contributed by atoms with Crippen molar-refractivity contribution in [2.24, 2.45) is 5.10 Å². The second-order valence-corrected chi connectivity index (χ2v) is 11.2. The first kappa shape index (κ1) is 24.7. The minimum Gasteiger partial charge on any atom is -0.277 e. The van der Waals surface area contributed by atoms with Gasteiger partial charge in [0.15, 0.2) is 5.17 Å². The summed E-state index contributed by atoms with van der Waals surface area (Å²) >= 11 is 10.6. The Balaban J connectivity index is 1.40. The number of hydrazone groups is 1. The van der Waals surface area contributed by atoms with Gasteiger partial charge in [-0.05, 0) is 48.4 Å². The molecule has 3 aromatic carbocycles. The van der Waals surface area contributed by atoms with Crippen molar-refractivity contribution in [2.75, 3.05) is 4.90 Å². The lowest BCUT2D eigenvalue weighted by atomic mass is 9.98. The lowest BCUT2D eigenvalue weighted by Gasteiger charge is -2.24. The highest BCUT2D eigenvalue weighted by molar-refractivity contribution is 9.10. The first-order valence-electron chi connectivity index (χ1n) is 11.4. The topological polar surface area (TPSA) is 76.8 Å². The molecule has 2 amide bonds. The average molecular weight is 582 g/mol. The molecule has 0 spiro atoms. The Kier molecular flexibility index (Phi) is 7.01. The van der Waals surface area contributed by atoms with Gasteiger partial charge in [-0.3, -0.25) is 15.0 Å². The van der Waals surface area contributed by atoms with Crippen molar-refractivity contribution in [3.05, 3.63) is 99.0 Å². The van der Waals surface area contributed by atoms with Crippen molar-refractivity contribution >= 4 is 67.7 Å². The predicted molar refractivity (Wildman–Crippen MR) is 149 cm³/mol. The number of imide groups is 1.